The SMILES string of the molecule is NC1Cc2c1cccc2C(F)(F)F. The maximum absolute atomic E-state index is 12.3. The molecule has 1 aliphatic rings. The van der Waals surface area contributed by atoms with Crippen LogP contribution in [0.3, 0.4) is 0 Å². The second-order valence-corrected chi connectivity index (χ2v) is 3.18. The monoisotopic (exact) mass is 187 g/mol. The lowest BCUT2D eigenvalue weighted by Crippen LogP contribution is -2.28. The van der Waals surface area contributed by atoms with Gasteiger partial charge in [-0.05, 0) is 23.6 Å². The number of hydrogen-bond acceptors (Lipinski definition) is 1. The maximum Gasteiger partial charge on any atom is 0.416 e. The van der Waals surface area contributed by atoms with Gasteiger partial charge in [-0.1, -0.05) is 12.1 Å². The largest absolute Gasteiger partial charge is 0.416 e. The van der Waals surface area contributed by atoms with Crippen molar-refractivity contribution in [2.45, 2.75) is 18.6 Å². The van der Waals surface area contributed by atoms with Gasteiger partial charge in [0.25, 0.3) is 0 Å². The summed E-state index contributed by atoms with van der Waals surface area (Å²) < 4.78 is 37.0. The lowest BCUT2D eigenvalue weighted by Gasteiger charge is -2.29. The Balaban J connectivity index is 2.50. The predicted octanol–water partition coefficient (Wildman–Crippen LogP) is 2.26. The summed E-state index contributed by atoms with van der Waals surface area (Å²) in [4.78, 5) is 0. The first-order chi connectivity index (χ1) is 6.00. The number of nitrogens with two attached hydrogens (primary N) is 1. The van der Waals surface area contributed by atoms with Crippen LogP contribution in [0.5, 0.6) is 0 Å². The molecule has 0 heterocycles. The van der Waals surface area contributed by atoms with Crippen LogP contribution in [0, 0.1) is 0 Å². The minimum absolute atomic E-state index is 0.211. The number of rotatable bonds is 0. The molecule has 13 heavy (non-hydrogen) atoms. The quantitative estimate of drug-likeness (QED) is 0.662. The molecule has 0 amide bonds. The van der Waals surface area contributed by atoms with Gasteiger partial charge in [0.1, 0.15) is 0 Å². The van der Waals surface area contributed by atoms with Gasteiger partial charge >= 0.3 is 6.18 Å². The molecule has 0 bridgehead atoms. The van der Waals surface area contributed by atoms with Crippen molar-refractivity contribution in [3.05, 3.63) is 34.9 Å². The molecule has 70 valence electrons. The lowest BCUT2D eigenvalue weighted by atomic mass is 9.80. The summed E-state index contributed by atoms with van der Waals surface area (Å²) in [6, 6.07) is 3.95. The molecule has 0 fully saturated rings. The van der Waals surface area contributed by atoms with Crippen LogP contribution in [0.2, 0.25) is 0 Å². The van der Waals surface area contributed by atoms with Gasteiger partial charge in [0.15, 0.2) is 0 Å². The first kappa shape index (κ1) is 8.56. The van der Waals surface area contributed by atoms with E-state index in [2.05, 4.69) is 0 Å². The summed E-state index contributed by atoms with van der Waals surface area (Å²) >= 11 is 0. The van der Waals surface area contributed by atoms with Crippen LogP contribution in [0.25, 0.3) is 0 Å². The smallest absolute Gasteiger partial charge is 0.324 e. The highest BCUT2D eigenvalue weighted by Crippen LogP contribution is 2.41. The molecule has 0 spiro atoms. The Labute approximate surface area is 73.4 Å². The summed E-state index contributed by atoms with van der Waals surface area (Å²) in [6.45, 7) is 0. The zero-order valence-electron chi connectivity index (χ0n) is 6.73. The molecule has 1 unspecified atom stereocenters. The average molecular weight is 187 g/mol. The Bertz CT molecular complexity index is 343. The summed E-state index contributed by atoms with van der Waals surface area (Å²) in [5, 5.41) is 0. The molecule has 1 atom stereocenters. The Kier molecular flexibility index (Phi) is 1.63. The third kappa shape index (κ3) is 1.21. The minimum Gasteiger partial charge on any atom is -0.324 e. The van der Waals surface area contributed by atoms with Gasteiger partial charge in [0.05, 0.1) is 5.56 Å². The van der Waals surface area contributed by atoms with Crippen LogP contribution < -0.4 is 5.73 Å². The number of alkyl halides is 3. The Morgan fingerprint density at radius 1 is 1.31 bits per heavy atom. The van der Waals surface area contributed by atoms with Crippen molar-refractivity contribution in [3.8, 4) is 0 Å². The van der Waals surface area contributed by atoms with Gasteiger partial charge in [0, 0.05) is 6.04 Å². The molecule has 1 aromatic rings. The van der Waals surface area contributed by atoms with Crippen LogP contribution in [0.15, 0.2) is 18.2 Å². The number of fused-ring (bicyclic) bond motifs is 1. The summed E-state index contributed by atoms with van der Waals surface area (Å²) in [6.07, 6.45) is -3.91. The van der Waals surface area contributed by atoms with Gasteiger partial charge in [0.2, 0.25) is 0 Å². The molecule has 0 radical (unpaired) electrons. The minimum atomic E-state index is -4.24. The fourth-order valence-corrected chi connectivity index (χ4v) is 1.64. The molecule has 1 aromatic carbocycles. The molecule has 1 nitrogen and oxygen atoms in total. The first-order valence-electron chi connectivity index (χ1n) is 3.94. The third-order valence-corrected chi connectivity index (χ3v) is 2.34. The van der Waals surface area contributed by atoms with E-state index in [9.17, 15) is 13.2 Å². The van der Waals surface area contributed by atoms with E-state index in [1.54, 1.807) is 6.07 Å². The lowest BCUT2D eigenvalue weighted by molar-refractivity contribution is -0.138. The molecule has 0 aromatic heterocycles. The van der Waals surface area contributed by atoms with Crippen LogP contribution in [-0.4, -0.2) is 0 Å². The van der Waals surface area contributed by atoms with E-state index in [0.717, 1.165) is 6.07 Å². The molecule has 0 aliphatic heterocycles. The van der Waals surface area contributed by atoms with Crippen molar-refractivity contribution in [2.24, 2.45) is 5.73 Å². The fraction of sp³-hybridized carbons (Fsp3) is 0.333. The van der Waals surface area contributed by atoms with Gasteiger partial charge in [-0.25, -0.2) is 0 Å². The van der Waals surface area contributed by atoms with E-state index in [4.69, 9.17) is 5.73 Å². The van der Waals surface area contributed by atoms with Crippen LogP contribution >= 0.6 is 0 Å². The first-order valence-corrected chi connectivity index (χ1v) is 3.94. The van der Waals surface area contributed by atoms with Crippen molar-refractivity contribution in [1.29, 1.82) is 0 Å². The van der Waals surface area contributed by atoms with Gasteiger partial charge in [-0.2, -0.15) is 13.2 Å². The van der Waals surface area contributed by atoms with Crippen LogP contribution in [-0.2, 0) is 12.6 Å². The highest BCUT2D eigenvalue weighted by atomic mass is 19.4. The zero-order chi connectivity index (χ0) is 9.64. The summed E-state index contributed by atoms with van der Waals surface area (Å²) in [5.41, 5.74) is 6.00. The second-order valence-electron chi connectivity index (χ2n) is 3.18. The fourth-order valence-electron chi connectivity index (χ4n) is 1.64. The highest BCUT2D eigenvalue weighted by Gasteiger charge is 2.38. The van der Waals surface area contributed by atoms with Crippen LogP contribution in [0.1, 0.15) is 22.7 Å². The molecule has 4 heteroatoms. The topological polar surface area (TPSA) is 26.0 Å². The number of benzene rings is 1. The molecule has 2 rings (SSSR count). The van der Waals surface area contributed by atoms with E-state index in [1.807, 2.05) is 0 Å². The predicted molar refractivity (Wildman–Crippen MR) is 42.1 cm³/mol. The third-order valence-electron chi connectivity index (χ3n) is 2.34. The van der Waals surface area contributed by atoms with E-state index < -0.39 is 11.7 Å². The van der Waals surface area contributed by atoms with E-state index in [1.165, 1.54) is 6.07 Å². The standard InChI is InChI=1S/C9H8F3N/c10-9(11,12)7-3-1-2-5-6(7)4-8(5)13/h1-3,8H,4,13H2. The van der Waals surface area contributed by atoms with Gasteiger partial charge in [-0.15, -0.1) is 0 Å². The van der Waals surface area contributed by atoms with Crippen molar-refractivity contribution >= 4 is 0 Å². The van der Waals surface area contributed by atoms with E-state index in [-0.39, 0.29) is 6.04 Å². The van der Waals surface area contributed by atoms with Crippen molar-refractivity contribution in [3.63, 3.8) is 0 Å². The normalized spacial score (nSPS) is 20.8. The van der Waals surface area contributed by atoms with E-state index in [0.29, 0.717) is 17.5 Å². The van der Waals surface area contributed by atoms with Crippen molar-refractivity contribution < 1.29 is 13.2 Å². The number of halogens is 3. The average Bonchev–Trinajstić information content (AvgIpc) is 2.00. The molecule has 0 saturated carbocycles. The molecular formula is C9H8F3N. The Hall–Kier alpha value is -1.03. The van der Waals surface area contributed by atoms with Gasteiger partial charge in [-0.3, -0.25) is 0 Å². The second kappa shape index (κ2) is 2.48. The highest BCUT2D eigenvalue weighted by molar-refractivity contribution is 5.46. The Morgan fingerprint density at radius 3 is 2.54 bits per heavy atom. The van der Waals surface area contributed by atoms with Gasteiger partial charge < -0.3 is 5.73 Å². The van der Waals surface area contributed by atoms with Crippen LogP contribution in [0.4, 0.5) is 13.2 Å². The van der Waals surface area contributed by atoms with Crippen molar-refractivity contribution in [2.75, 3.05) is 0 Å². The summed E-state index contributed by atoms with van der Waals surface area (Å²) in [5.74, 6) is 0. The number of hydrogen-bond donors (Lipinski definition) is 1. The molecule has 2 N–H and O–H groups in total. The molecule has 0 saturated heterocycles. The maximum atomic E-state index is 12.3. The van der Waals surface area contributed by atoms with E-state index >= 15 is 0 Å². The molecular weight excluding hydrogens is 179 g/mol. The zero-order valence-corrected chi connectivity index (χ0v) is 6.73. The van der Waals surface area contributed by atoms with Crippen molar-refractivity contribution in [1.82, 2.24) is 0 Å². The summed E-state index contributed by atoms with van der Waals surface area (Å²) in [7, 11) is 0. The molecule has 1 aliphatic carbocycles. The Morgan fingerprint density at radius 2 is 2.00 bits per heavy atom.